The third-order valence-corrected chi connectivity index (χ3v) is 4.69. The number of nitrogens with one attached hydrogen (secondary N) is 2. The molecule has 2 heterocycles. The summed E-state index contributed by atoms with van der Waals surface area (Å²) >= 11 is 0. The molecule has 0 spiro atoms. The van der Waals surface area contributed by atoms with Crippen molar-refractivity contribution in [2.45, 2.75) is 26.3 Å². The standard InChI is InChI=1S/C15H30N4O/c1-12(2)14(19-8-6-18(3)7-9-19)11-17-15(20)13-4-5-16-10-13/h12-14,16H,4-11H2,1-3H3,(H,17,20). The lowest BCUT2D eigenvalue weighted by Gasteiger charge is -2.40. The van der Waals surface area contributed by atoms with Gasteiger partial charge in [0.15, 0.2) is 0 Å². The summed E-state index contributed by atoms with van der Waals surface area (Å²) in [5, 5.41) is 6.44. The minimum Gasteiger partial charge on any atom is -0.354 e. The zero-order valence-corrected chi connectivity index (χ0v) is 13.2. The molecule has 5 nitrogen and oxygen atoms in total. The predicted octanol–water partition coefficient (Wildman–Crippen LogP) is -0.0159. The summed E-state index contributed by atoms with van der Waals surface area (Å²) in [5.41, 5.74) is 0. The van der Waals surface area contributed by atoms with E-state index in [0.717, 1.165) is 52.2 Å². The van der Waals surface area contributed by atoms with Gasteiger partial charge in [-0.1, -0.05) is 13.8 Å². The second-order valence-corrected chi connectivity index (χ2v) is 6.59. The van der Waals surface area contributed by atoms with Crippen LogP contribution in [0.4, 0.5) is 0 Å². The van der Waals surface area contributed by atoms with Crippen LogP contribution in [0.1, 0.15) is 20.3 Å². The second kappa shape index (κ2) is 7.38. The molecule has 2 aliphatic rings. The lowest BCUT2D eigenvalue weighted by atomic mass is 10.0. The molecule has 116 valence electrons. The number of hydrogen-bond donors (Lipinski definition) is 2. The zero-order chi connectivity index (χ0) is 14.5. The molecule has 2 aliphatic heterocycles. The van der Waals surface area contributed by atoms with Crippen molar-refractivity contribution in [3.63, 3.8) is 0 Å². The van der Waals surface area contributed by atoms with Gasteiger partial charge in [0.1, 0.15) is 0 Å². The van der Waals surface area contributed by atoms with E-state index in [1.165, 1.54) is 0 Å². The average molecular weight is 282 g/mol. The highest BCUT2D eigenvalue weighted by Gasteiger charge is 2.27. The smallest absolute Gasteiger partial charge is 0.224 e. The van der Waals surface area contributed by atoms with E-state index in [2.05, 4.69) is 41.3 Å². The average Bonchev–Trinajstić information content (AvgIpc) is 2.94. The number of likely N-dealkylation sites (N-methyl/N-ethyl adjacent to an activating group) is 1. The van der Waals surface area contributed by atoms with Crippen molar-refractivity contribution >= 4 is 5.91 Å². The summed E-state index contributed by atoms with van der Waals surface area (Å²) in [7, 11) is 2.18. The maximum atomic E-state index is 12.1. The summed E-state index contributed by atoms with van der Waals surface area (Å²) in [5.74, 6) is 0.977. The van der Waals surface area contributed by atoms with Crippen molar-refractivity contribution in [3.8, 4) is 0 Å². The molecule has 1 amide bonds. The van der Waals surface area contributed by atoms with Crippen LogP contribution in [0.2, 0.25) is 0 Å². The van der Waals surface area contributed by atoms with Crippen LogP contribution >= 0.6 is 0 Å². The first-order valence-electron chi connectivity index (χ1n) is 7.99. The van der Waals surface area contributed by atoms with Crippen molar-refractivity contribution in [2.24, 2.45) is 11.8 Å². The Hall–Kier alpha value is -0.650. The molecule has 5 heteroatoms. The van der Waals surface area contributed by atoms with Crippen LogP contribution in [0.3, 0.4) is 0 Å². The van der Waals surface area contributed by atoms with Crippen LogP contribution in [-0.2, 0) is 4.79 Å². The first-order valence-corrected chi connectivity index (χ1v) is 7.99. The number of piperazine rings is 1. The number of carbonyl (C=O) groups excluding carboxylic acids is 1. The Morgan fingerprint density at radius 3 is 2.55 bits per heavy atom. The Balaban J connectivity index is 1.81. The summed E-state index contributed by atoms with van der Waals surface area (Å²) in [6.45, 7) is 11.6. The first-order chi connectivity index (χ1) is 9.58. The van der Waals surface area contributed by atoms with Crippen LogP contribution in [-0.4, -0.2) is 74.6 Å². The molecule has 0 aromatic heterocycles. The fourth-order valence-corrected chi connectivity index (χ4v) is 3.17. The molecule has 0 radical (unpaired) electrons. The molecule has 2 unspecified atom stereocenters. The third-order valence-electron chi connectivity index (χ3n) is 4.69. The van der Waals surface area contributed by atoms with Crippen molar-refractivity contribution in [1.29, 1.82) is 0 Å². The predicted molar refractivity (Wildman–Crippen MR) is 81.7 cm³/mol. The first kappa shape index (κ1) is 15.7. The highest BCUT2D eigenvalue weighted by Crippen LogP contribution is 2.14. The molecule has 2 rings (SSSR count). The highest BCUT2D eigenvalue weighted by atomic mass is 16.1. The molecule has 2 saturated heterocycles. The normalized spacial score (nSPS) is 26.9. The van der Waals surface area contributed by atoms with Gasteiger partial charge in [-0.2, -0.15) is 0 Å². The lowest BCUT2D eigenvalue weighted by molar-refractivity contribution is -0.124. The van der Waals surface area contributed by atoms with Gasteiger partial charge in [0.2, 0.25) is 5.91 Å². The monoisotopic (exact) mass is 282 g/mol. The Kier molecular flexibility index (Phi) is 5.81. The van der Waals surface area contributed by atoms with Crippen molar-refractivity contribution in [1.82, 2.24) is 20.4 Å². The molecule has 0 aromatic carbocycles. The van der Waals surface area contributed by atoms with Gasteiger partial charge in [0.05, 0.1) is 5.92 Å². The van der Waals surface area contributed by atoms with Gasteiger partial charge in [0, 0.05) is 45.3 Å². The topological polar surface area (TPSA) is 47.6 Å². The number of nitrogens with zero attached hydrogens (tertiary/aromatic N) is 2. The maximum absolute atomic E-state index is 12.1. The fourth-order valence-electron chi connectivity index (χ4n) is 3.17. The summed E-state index contributed by atoms with van der Waals surface area (Å²) in [6.07, 6.45) is 0.979. The Bertz CT molecular complexity index is 307. The van der Waals surface area contributed by atoms with E-state index in [1.54, 1.807) is 0 Å². The summed E-state index contributed by atoms with van der Waals surface area (Å²) in [6, 6.07) is 0.460. The van der Waals surface area contributed by atoms with Crippen LogP contribution < -0.4 is 10.6 Å². The molecular formula is C15H30N4O. The zero-order valence-electron chi connectivity index (χ0n) is 13.2. The SMILES string of the molecule is CC(C)C(CNC(=O)C1CCNC1)N1CCN(C)CC1. The number of rotatable bonds is 5. The Morgan fingerprint density at radius 2 is 2.00 bits per heavy atom. The van der Waals surface area contributed by atoms with E-state index in [-0.39, 0.29) is 11.8 Å². The minimum atomic E-state index is 0.176. The number of carbonyl (C=O) groups is 1. The molecule has 0 aromatic rings. The van der Waals surface area contributed by atoms with Crippen molar-refractivity contribution < 1.29 is 4.79 Å². The molecular weight excluding hydrogens is 252 g/mol. The van der Waals surface area contributed by atoms with E-state index in [9.17, 15) is 4.79 Å². The molecule has 0 bridgehead atoms. The molecule has 2 atom stereocenters. The quantitative estimate of drug-likeness (QED) is 0.744. The fraction of sp³-hybridized carbons (Fsp3) is 0.933. The van der Waals surface area contributed by atoms with Crippen LogP contribution in [0.15, 0.2) is 0 Å². The van der Waals surface area contributed by atoms with E-state index in [0.29, 0.717) is 12.0 Å². The van der Waals surface area contributed by atoms with E-state index < -0.39 is 0 Å². The summed E-state index contributed by atoms with van der Waals surface area (Å²) in [4.78, 5) is 17.0. The molecule has 2 fully saturated rings. The van der Waals surface area contributed by atoms with E-state index in [1.807, 2.05) is 0 Å². The molecule has 0 saturated carbocycles. The number of hydrogen-bond acceptors (Lipinski definition) is 4. The van der Waals surface area contributed by atoms with Gasteiger partial charge >= 0.3 is 0 Å². The Morgan fingerprint density at radius 1 is 1.30 bits per heavy atom. The molecule has 0 aliphatic carbocycles. The van der Waals surface area contributed by atoms with Crippen LogP contribution in [0.5, 0.6) is 0 Å². The second-order valence-electron chi connectivity index (χ2n) is 6.59. The van der Waals surface area contributed by atoms with E-state index >= 15 is 0 Å². The van der Waals surface area contributed by atoms with E-state index in [4.69, 9.17) is 0 Å². The van der Waals surface area contributed by atoms with Crippen LogP contribution in [0.25, 0.3) is 0 Å². The largest absolute Gasteiger partial charge is 0.354 e. The van der Waals surface area contributed by atoms with Crippen molar-refractivity contribution in [2.75, 3.05) is 52.9 Å². The van der Waals surface area contributed by atoms with Gasteiger partial charge in [-0.15, -0.1) is 0 Å². The summed E-state index contributed by atoms with van der Waals surface area (Å²) < 4.78 is 0. The van der Waals surface area contributed by atoms with Gasteiger partial charge in [-0.25, -0.2) is 0 Å². The maximum Gasteiger partial charge on any atom is 0.224 e. The van der Waals surface area contributed by atoms with Crippen LogP contribution in [0, 0.1) is 11.8 Å². The van der Waals surface area contributed by atoms with Gasteiger partial charge < -0.3 is 15.5 Å². The van der Waals surface area contributed by atoms with Gasteiger partial charge in [-0.3, -0.25) is 9.69 Å². The van der Waals surface area contributed by atoms with Gasteiger partial charge in [0.25, 0.3) is 0 Å². The lowest BCUT2D eigenvalue weighted by Crippen LogP contribution is -2.54. The van der Waals surface area contributed by atoms with Crippen molar-refractivity contribution in [3.05, 3.63) is 0 Å². The third kappa shape index (κ3) is 4.17. The molecule has 2 N–H and O–H groups in total. The Labute approximate surface area is 123 Å². The molecule has 20 heavy (non-hydrogen) atoms. The van der Waals surface area contributed by atoms with Gasteiger partial charge in [-0.05, 0) is 25.9 Å². The minimum absolute atomic E-state index is 0.176. The highest BCUT2D eigenvalue weighted by molar-refractivity contribution is 5.79. The number of amides is 1.